The van der Waals surface area contributed by atoms with Gasteiger partial charge >= 0.3 is 5.97 Å². The lowest BCUT2D eigenvalue weighted by atomic mass is 9.93. The second kappa shape index (κ2) is 15.0. The zero-order valence-corrected chi connectivity index (χ0v) is 19.2. The molecule has 1 aliphatic heterocycles. The quantitative estimate of drug-likeness (QED) is 0.347. The number of amides is 1. The number of hydrogen-bond acceptors (Lipinski definition) is 5. The van der Waals surface area contributed by atoms with Crippen molar-refractivity contribution < 1.29 is 14.3 Å². The van der Waals surface area contributed by atoms with Crippen LogP contribution in [0.25, 0.3) is 0 Å². The van der Waals surface area contributed by atoms with E-state index in [1.165, 1.54) is 18.4 Å². The summed E-state index contributed by atoms with van der Waals surface area (Å²) in [6.07, 6.45) is 8.20. The number of carbonyl (C=O) groups is 2. The molecular formula is C25H41N3O3. The number of hydrogen-bond donors (Lipinski definition) is 2. The number of carbonyl (C=O) groups excluding carboxylic acids is 2. The molecule has 0 spiro atoms. The monoisotopic (exact) mass is 431 g/mol. The van der Waals surface area contributed by atoms with Gasteiger partial charge in [0.15, 0.2) is 0 Å². The highest BCUT2D eigenvalue weighted by atomic mass is 16.5. The minimum absolute atomic E-state index is 0.0345. The molecule has 1 heterocycles. The van der Waals surface area contributed by atoms with Crippen molar-refractivity contribution in [3.8, 4) is 0 Å². The lowest BCUT2D eigenvalue weighted by molar-refractivity contribution is -0.145. The van der Waals surface area contributed by atoms with Gasteiger partial charge in [0.2, 0.25) is 5.91 Å². The summed E-state index contributed by atoms with van der Waals surface area (Å²) in [6, 6.07) is 9.89. The fourth-order valence-electron chi connectivity index (χ4n) is 3.99. The van der Waals surface area contributed by atoms with Crippen LogP contribution in [0.1, 0.15) is 70.3 Å². The zero-order chi connectivity index (χ0) is 22.3. The van der Waals surface area contributed by atoms with Gasteiger partial charge in [0.25, 0.3) is 0 Å². The normalized spacial score (nSPS) is 16.1. The van der Waals surface area contributed by atoms with Gasteiger partial charge in [0.05, 0.1) is 6.61 Å². The third kappa shape index (κ3) is 10.8. The summed E-state index contributed by atoms with van der Waals surface area (Å²) in [5, 5.41) is 2.98. The van der Waals surface area contributed by atoms with Crippen LogP contribution in [-0.4, -0.2) is 49.1 Å². The molecule has 0 saturated carbocycles. The van der Waals surface area contributed by atoms with Crippen molar-refractivity contribution in [1.29, 1.82) is 0 Å². The number of nitrogens with two attached hydrogens (primary N) is 1. The van der Waals surface area contributed by atoms with Crippen molar-refractivity contribution in [3.05, 3.63) is 35.9 Å². The molecule has 0 unspecified atom stereocenters. The highest BCUT2D eigenvalue weighted by Gasteiger charge is 2.20. The number of benzene rings is 1. The summed E-state index contributed by atoms with van der Waals surface area (Å²) >= 11 is 0. The van der Waals surface area contributed by atoms with Gasteiger partial charge in [-0.1, -0.05) is 56.5 Å². The van der Waals surface area contributed by atoms with Crippen LogP contribution >= 0.6 is 0 Å². The first-order chi connectivity index (χ1) is 15.1. The lowest BCUT2D eigenvalue weighted by Crippen LogP contribution is -2.36. The van der Waals surface area contributed by atoms with Crippen molar-refractivity contribution in [3.63, 3.8) is 0 Å². The Labute approximate surface area is 187 Å². The summed E-state index contributed by atoms with van der Waals surface area (Å²) in [5.74, 6) is 0.233. The van der Waals surface area contributed by atoms with Crippen LogP contribution in [0.4, 0.5) is 0 Å². The van der Waals surface area contributed by atoms with Gasteiger partial charge in [-0.05, 0) is 56.7 Å². The maximum absolute atomic E-state index is 12.1. The Morgan fingerprint density at radius 2 is 1.90 bits per heavy atom. The lowest BCUT2D eigenvalue weighted by Gasteiger charge is -2.32. The Kier molecular flexibility index (Phi) is 12.2. The van der Waals surface area contributed by atoms with E-state index in [9.17, 15) is 9.59 Å². The molecule has 1 amide bonds. The van der Waals surface area contributed by atoms with Crippen molar-refractivity contribution in [2.75, 3.05) is 26.2 Å². The molecule has 1 aromatic rings. The van der Waals surface area contributed by atoms with Crippen molar-refractivity contribution in [2.45, 2.75) is 77.3 Å². The number of esters is 1. The molecule has 174 valence electrons. The molecule has 0 bridgehead atoms. The number of rotatable bonds is 14. The van der Waals surface area contributed by atoms with Crippen molar-refractivity contribution >= 4 is 11.9 Å². The molecule has 1 aliphatic rings. The maximum Gasteiger partial charge on any atom is 0.322 e. The molecule has 1 saturated heterocycles. The van der Waals surface area contributed by atoms with Gasteiger partial charge in [0, 0.05) is 19.5 Å². The number of unbranched alkanes of at least 4 members (excludes halogenated alkanes) is 3. The van der Waals surface area contributed by atoms with Crippen molar-refractivity contribution in [2.24, 2.45) is 11.7 Å². The molecule has 1 aromatic carbocycles. The molecule has 0 radical (unpaired) electrons. The SMILES string of the molecule is CCCCCCOC(=O)[C@@H](N)CCC(=O)NCCC1CCN(Cc2ccccc2)CC1. The molecule has 0 aliphatic carbocycles. The minimum Gasteiger partial charge on any atom is -0.465 e. The van der Waals surface area contributed by atoms with Crippen LogP contribution in [0, 0.1) is 5.92 Å². The topological polar surface area (TPSA) is 84.7 Å². The third-order valence-corrected chi connectivity index (χ3v) is 6.06. The van der Waals surface area contributed by atoms with Crippen LogP contribution < -0.4 is 11.1 Å². The second-order valence-corrected chi connectivity index (χ2v) is 8.72. The fourth-order valence-corrected chi connectivity index (χ4v) is 3.99. The smallest absolute Gasteiger partial charge is 0.322 e. The van der Waals surface area contributed by atoms with Gasteiger partial charge in [-0.3, -0.25) is 14.5 Å². The second-order valence-electron chi connectivity index (χ2n) is 8.72. The standard InChI is InChI=1S/C25H41N3O3/c1-2-3-4-8-19-31-25(30)23(26)11-12-24(29)27-16-13-21-14-17-28(18-15-21)20-22-9-6-5-7-10-22/h5-7,9-10,21,23H,2-4,8,11-20,26H2,1H3,(H,27,29)/t23-/m0/s1. The third-order valence-electron chi connectivity index (χ3n) is 6.06. The number of likely N-dealkylation sites (tertiary alicyclic amines) is 1. The summed E-state index contributed by atoms with van der Waals surface area (Å²) in [4.78, 5) is 26.4. The average Bonchev–Trinajstić information content (AvgIpc) is 2.79. The Morgan fingerprint density at radius 1 is 1.16 bits per heavy atom. The number of ether oxygens (including phenoxy) is 1. The van der Waals surface area contributed by atoms with E-state index in [4.69, 9.17) is 10.5 Å². The summed E-state index contributed by atoms with van der Waals surface area (Å²) in [6.45, 7) is 6.50. The summed E-state index contributed by atoms with van der Waals surface area (Å²) < 4.78 is 5.19. The highest BCUT2D eigenvalue weighted by Crippen LogP contribution is 2.21. The first-order valence-electron chi connectivity index (χ1n) is 12.0. The highest BCUT2D eigenvalue weighted by molar-refractivity contribution is 5.79. The first-order valence-corrected chi connectivity index (χ1v) is 12.0. The van der Waals surface area contributed by atoms with Gasteiger partial charge < -0.3 is 15.8 Å². The average molecular weight is 432 g/mol. The predicted molar refractivity (Wildman–Crippen MR) is 124 cm³/mol. The Morgan fingerprint density at radius 3 is 2.61 bits per heavy atom. The molecule has 6 nitrogen and oxygen atoms in total. The minimum atomic E-state index is -0.717. The van der Waals surface area contributed by atoms with E-state index in [2.05, 4.69) is 47.5 Å². The van der Waals surface area contributed by atoms with Gasteiger partial charge in [-0.15, -0.1) is 0 Å². The largest absolute Gasteiger partial charge is 0.465 e. The van der Waals surface area contributed by atoms with Gasteiger partial charge in [-0.2, -0.15) is 0 Å². The van der Waals surface area contributed by atoms with E-state index in [-0.39, 0.29) is 12.3 Å². The van der Waals surface area contributed by atoms with E-state index in [1.807, 2.05) is 0 Å². The van der Waals surface area contributed by atoms with Gasteiger partial charge in [-0.25, -0.2) is 0 Å². The van der Waals surface area contributed by atoms with Gasteiger partial charge in [0.1, 0.15) is 6.04 Å². The summed E-state index contributed by atoms with van der Waals surface area (Å²) in [5.41, 5.74) is 7.23. The Balaban J connectivity index is 1.50. The molecule has 6 heteroatoms. The van der Waals surface area contributed by atoms with Crippen LogP contribution in [-0.2, 0) is 20.9 Å². The van der Waals surface area contributed by atoms with E-state index < -0.39 is 12.0 Å². The molecule has 0 aromatic heterocycles. The Bertz CT molecular complexity index is 630. The number of nitrogens with one attached hydrogen (secondary N) is 1. The molecule has 2 rings (SSSR count). The molecule has 1 fully saturated rings. The van der Waals surface area contributed by atoms with Crippen LogP contribution in [0.5, 0.6) is 0 Å². The predicted octanol–water partition coefficient (Wildman–Crippen LogP) is 3.64. The number of piperidine rings is 1. The summed E-state index contributed by atoms with van der Waals surface area (Å²) in [7, 11) is 0. The molecule has 3 N–H and O–H groups in total. The van der Waals surface area contributed by atoms with Crippen molar-refractivity contribution in [1.82, 2.24) is 10.2 Å². The molecular weight excluding hydrogens is 390 g/mol. The van der Waals surface area contributed by atoms with E-state index in [0.29, 0.717) is 25.5 Å². The fraction of sp³-hybridized carbons (Fsp3) is 0.680. The Hall–Kier alpha value is -1.92. The first kappa shape index (κ1) is 25.3. The van der Waals surface area contributed by atoms with Crippen LogP contribution in [0.2, 0.25) is 0 Å². The number of nitrogens with zero attached hydrogens (tertiary/aromatic N) is 1. The van der Waals surface area contributed by atoms with E-state index in [0.717, 1.165) is 51.7 Å². The van der Waals surface area contributed by atoms with Crippen LogP contribution in [0.15, 0.2) is 30.3 Å². The van der Waals surface area contributed by atoms with Crippen LogP contribution in [0.3, 0.4) is 0 Å². The van der Waals surface area contributed by atoms with E-state index >= 15 is 0 Å². The maximum atomic E-state index is 12.1. The van der Waals surface area contributed by atoms with E-state index in [1.54, 1.807) is 0 Å². The molecule has 31 heavy (non-hydrogen) atoms. The zero-order valence-electron chi connectivity index (χ0n) is 19.2. The molecule has 1 atom stereocenters.